The maximum absolute atomic E-state index is 12.1. The Morgan fingerprint density at radius 3 is 2.94 bits per heavy atom. The molecule has 0 aromatic carbocycles. The molecule has 1 fully saturated rings. The largest absolute Gasteiger partial charge is 0.349 e. The molecule has 0 aliphatic heterocycles. The first-order chi connectivity index (χ1) is 8.56. The molecule has 3 atom stereocenters. The molecular weight excluding hydrogens is 268 g/mol. The monoisotopic (exact) mass is 286 g/mol. The Morgan fingerprint density at radius 1 is 1.56 bits per heavy atom. The van der Waals surface area contributed by atoms with E-state index in [1.807, 2.05) is 19.1 Å². The van der Waals surface area contributed by atoms with Crippen LogP contribution in [0.25, 0.3) is 0 Å². The Hall–Kier alpha value is -0.580. The van der Waals surface area contributed by atoms with E-state index in [0.717, 1.165) is 34.9 Å². The van der Waals surface area contributed by atoms with Gasteiger partial charge in [0.1, 0.15) is 0 Å². The molecule has 1 aromatic heterocycles. The zero-order valence-electron chi connectivity index (χ0n) is 10.5. The van der Waals surface area contributed by atoms with Crippen LogP contribution in [0.3, 0.4) is 0 Å². The minimum atomic E-state index is 0.0214. The number of amides is 1. The van der Waals surface area contributed by atoms with Crippen molar-refractivity contribution in [2.45, 2.75) is 44.7 Å². The smallest absolute Gasteiger partial charge is 0.223 e. The predicted octanol–water partition coefficient (Wildman–Crippen LogP) is 3.10. The average Bonchev–Trinajstić information content (AvgIpc) is 2.76. The van der Waals surface area contributed by atoms with E-state index in [2.05, 4.69) is 5.32 Å². The van der Waals surface area contributed by atoms with E-state index in [1.165, 1.54) is 11.3 Å². The molecule has 1 aliphatic rings. The van der Waals surface area contributed by atoms with Gasteiger partial charge in [0, 0.05) is 16.8 Å². The molecule has 5 heteroatoms. The summed E-state index contributed by atoms with van der Waals surface area (Å²) >= 11 is 7.41. The number of thiophene rings is 1. The van der Waals surface area contributed by atoms with Gasteiger partial charge in [-0.1, -0.05) is 18.0 Å². The number of nitrogens with one attached hydrogen (secondary N) is 1. The molecule has 100 valence electrons. The summed E-state index contributed by atoms with van der Waals surface area (Å²) in [5, 5.41) is 3.06. The Morgan fingerprint density at radius 2 is 2.33 bits per heavy atom. The summed E-state index contributed by atoms with van der Waals surface area (Å²) in [5.74, 6) is 0.203. The van der Waals surface area contributed by atoms with Gasteiger partial charge in [-0.15, -0.1) is 11.3 Å². The fraction of sp³-hybridized carbons (Fsp3) is 0.615. The summed E-state index contributed by atoms with van der Waals surface area (Å²) in [7, 11) is 0. The third-order valence-electron chi connectivity index (χ3n) is 3.47. The van der Waals surface area contributed by atoms with Crippen molar-refractivity contribution in [2.75, 3.05) is 0 Å². The first-order valence-electron chi connectivity index (χ1n) is 6.37. The lowest BCUT2D eigenvalue weighted by Crippen LogP contribution is -2.38. The molecule has 3 nitrogen and oxygen atoms in total. The van der Waals surface area contributed by atoms with Crippen molar-refractivity contribution in [3.63, 3.8) is 0 Å². The van der Waals surface area contributed by atoms with Crippen LogP contribution in [-0.2, 0) is 4.79 Å². The van der Waals surface area contributed by atoms with Gasteiger partial charge in [0.15, 0.2) is 0 Å². The number of carbonyl (C=O) groups excluding carboxylic acids is 1. The first-order valence-corrected chi connectivity index (χ1v) is 7.57. The normalized spacial score (nSPS) is 25.7. The zero-order valence-corrected chi connectivity index (χ0v) is 12.1. The number of nitrogens with two attached hydrogens (primary N) is 1. The highest BCUT2D eigenvalue weighted by molar-refractivity contribution is 7.16. The van der Waals surface area contributed by atoms with E-state index in [1.54, 1.807) is 0 Å². The second kappa shape index (κ2) is 6.04. The first kappa shape index (κ1) is 13.8. The number of hydrogen-bond acceptors (Lipinski definition) is 3. The molecule has 1 aromatic rings. The maximum atomic E-state index is 12.1. The lowest BCUT2D eigenvalue weighted by Gasteiger charge is -2.26. The molecule has 1 aliphatic carbocycles. The van der Waals surface area contributed by atoms with Gasteiger partial charge >= 0.3 is 0 Å². The van der Waals surface area contributed by atoms with Crippen LogP contribution < -0.4 is 11.1 Å². The van der Waals surface area contributed by atoms with Crippen LogP contribution in [0, 0.1) is 5.92 Å². The summed E-state index contributed by atoms with van der Waals surface area (Å²) in [4.78, 5) is 13.2. The lowest BCUT2D eigenvalue weighted by molar-refractivity contribution is -0.126. The third kappa shape index (κ3) is 3.46. The minimum absolute atomic E-state index is 0.0214. The zero-order chi connectivity index (χ0) is 13.1. The SMILES string of the molecule is CC(NC(=O)C1CCCC(N)C1)c1ccc(Cl)s1. The quantitative estimate of drug-likeness (QED) is 0.897. The molecule has 0 saturated heterocycles. The lowest BCUT2D eigenvalue weighted by atomic mass is 9.85. The van der Waals surface area contributed by atoms with Crippen molar-refractivity contribution >= 4 is 28.8 Å². The van der Waals surface area contributed by atoms with Crippen LogP contribution in [0.5, 0.6) is 0 Å². The van der Waals surface area contributed by atoms with Crippen molar-refractivity contribution in [3.8, 4) is 0 Å². The molecule has 1 amide bonds. The molecular formula is C13H19ClN2OS. The van der Waals surface area contributed by atoms with Crippen molar-refractivity contribution in [3.05, 3.63) is 21.3 Å². The number of rotatable bonds is 3. The predicted molar refractivity (Wildman–Crippen MR) is 75.8 cm³/mol. The Balaban J connectivity index is 1.90. The molecule has 3 N–H and O–H groups in total. The second-order valence-corrected chi connectivity index (χ2v) is 6.74. The summed E-state index contributed by atoms with van der Waals surface area (Å²) in [6, 6.07) is 4.03. The standard InChI is InChI=1S/C13H19ClN2OS/c1-8(11-5-6-12(14)18-11)16-13(17)9-3-2-4-10(15)7-9/h5-6,8-10H,2-4,7,15H2,1H3,(H,16,17). The van der Waals surface area contributed by atoms with Crippen LogP contribution in [0.1, 0.15) is 43.5 Å². The van der Waals surface area contributed by atoms with Gasteiger partial charge in [-0.05, 0) is 38.3 Å². The molecule has 2 rings (SSSR count). The summed E-state index contributed by atoms with van der Waals surface area (Å²) in [6.45, 7) is 1.99. The van der Waals surface area contributed by atoms with Crippen LogP contribution in [0.4, 0.5) is 0 Å². The minimum Gasteiger partial charge on any atom is -0.349 e. The highest BCUT2D eigenvalue weighted by Crippen LogP contribution is 2.28. The van der Waals surface area contributed by atoms with E-state index in [0.29, 0.717) is 0 Å². The number of hydrogen-bond donors (Lipinski definition) is 2. The highest BCUT2D eigenvalue weighted by Gasteiger charge is 2.26. The Labute approximate surface area is 117 Å². The summed E-state index contributed by atoms with van der Waals surface area (Å²) in [6.07, 6.45) is 3.86. The van der Waals surface area contributed by atoms with Crippen molar-refractivity contribution in [1.29, 1.82) is 0 Å². The van der Waals surface area contributed by atoms with Gasteiger partial charge < -0.3 is 11.1 Å². The van der Waals surface area contributed by atoms with E-state index in [4.69, 9.17) is 17.3 Å². The van der Waals surface area contributed by atoms with Crippen molar-refractivity contribution in [2.24, 2.45) is 11.7 Å². The molecule has 18 heavy (non-hydrogen) atoms. The van der Waals surface area contributed by atoms with Crippen LogP contribution in [-0.4, -0.2) is 11.9 Å². The van der Waals surface area contributed by atoms with Gasteiger partial charge in [0.25, 0.3) is 0 Å². The van der Waals surface area contributed by atoms with E-state index >= 15 is 0 Å². The number of carbonyl (C=O) groups is 1. The molecule has 0 spiro atoms. The molecule has 0 bridgehead atoms. The van der Waals surface area contributed by atoms with Crippen LogP contribution in [0.2, 0.25) is 4.34 Å². The molecule has 0 radical (unpaired) electrons. The Bertz CT molecular complexity index is 421. The Kier molecular flexibility index (Phi) is 4.65. The third-order valence-corrected chi connectivity index (χ3v) is 4.88. The summed E-state index contributed by atoms with van der Waals surface area (Å²) in [5.41, 5.74) is 5.91. The maximum Gasteiger partial charge on any atom is 0.223 e. The molecule has 1 saturated carbocycles. The van der Waals surface area contributed by atoms with Crippen LogP contribution >= 0.6 is 22.9 Å². The molecule has 3 unspecified atom stereocenters. The second-order valence-electron chi connectivity index (χ2n) is 5.00. The highest BCUT2D eigenvalue weighted by atomic mass is 35.5. The topological polar surface area (TPSA) is 55.1 Å². The van der Waals surface area contributed by atoms with Gasteiger partial charge in [-0.2, -0.15) is 0 Å². The van der Waals surface area contributed by atoms with Gasteiger partial charge in [-0.3, -0.25) is 4.79 Å². The molecule has 1 heterocycles. The van der Waals surface area contributed by atoms with E-state index in [9.17, 15) is 4.79 Å². The average molecular weight is 287 g/mol. The van der Waals surface area contributed by atoms with Gasteiger partial charge in [0.05, 0.1) is 10.4 Å². The van der Waals surface area contributed by atoms with Crippen molar-refractivity contribution in [1.82, 2.24) is 5.32 Å². The van der Waals surface area contributed by atoms with Crippen LogP contribution in [0.15, 0.2) is 12.1 Å². The summed E-state index contributed by atoms with van der Waals surface area (Å²) < 4.78 is 0.755. The fourth-order valence-corrected chi connectivity index (χ4v) is 3.49. The number of halogens is 1. The van der Waals surface area contributed by atoms with E-state index < -0.39 is 0 Å². The van der Waals surface area contributed by atoms with Crippen molar-refractivity contribution < 1.29 is 4.79 Å². The fourth-order valence-electron chi connectivity index (χ4n) is 2.43. The van der Waals surface area contributed by atoms with Gasteiger partial charge in [-0.25, -0.2) is 0 Å². The van der Waals surface area contributed by atoms with Gasteiger partial charge in [0.2, 0.25) is 5.91 Å². The van der Waals surface area contributed by atoms with E-state index in [-0.39, 0.29) is 23.9 Å².